The van der Waals surface area contributed by atoms with Gasteiger partial charge in [0.2, 0.25) is 10.0 Å². The van der Waals surface area contributed by atoms with E-state index in [1.54, 1.807) is 0 Å². The molecule has 0 saturated carbocycles. The Balaban J connectivity index is 2.91. The van der Waals surface area contributed by atoms with Gasteiger partial charge in [-0.3, -0.25) is 9.78 Å². The average molecular weight is 369 g/mol. The first kappa shape index (κ1) is 16.4. The highest BCUT2D eigenvalue weighted by Crippen LogP contribution is 2.15. The molecule has 1 aromatic heterocycles. The van der Waals surface area contributed by atoms with Gasteiger partial charge in [0.25, 0.3) is 0 Å². The van der Waals surface area contributed by atoms with Gasteiger partial charge in [-0.1, -0.05) is 0 Å². The number of thioether (sulfide) groups is 1. The SMILES string of the molecule is CSCCC(NS(=O)(=O)c1cncc(Br)c1)C(=O)O. The topological polar surface area (TPSA) is 96.4 Å². The third kappa shape index (κ3) is 5.09. The van der Waals surface area contributed by atoms with Crippen molar-refractivity contribution in [2.24, 2.45) is 0 Å². The largest absolute Gasteiger partial charge is 0.480 e. The van der Waals surface area contributed by atoms with Crippen molar-refractivity contribution in [3.63, 3.8) is 0 Å². The molecule has 1 aromatic rings. The highest BCUT2D eigenvalue weighted by Gasteiger charge is 2.25. The molecule has 1 rings (SSSR count). The molecule has 0 amide bonds. The second-order valence-electron chi connectivity index (χ2n) is 3.63. The van der Waals surface area contributed by atoms with Gasteiger partial charge in [-0.2, -0.15) is 16.5 Å². The number of carbonyl (C=O) groups is 1. The van der Waals surface area contributed by atoms with Gasteiger partial charge in [0.05, 0.1) is 0 Å². The second-order valence-corrected chi connectivity index (χ2v) is 7.25. The number of aliphatic carboxylic acids is 1. The van der Waals surface area contributed by atoms with Gasteiger partial charge in [0.15, 0.2) is 0 Å². The van der Waals surface area contributed by atoms with Crippen molar-refractivity contribution in [1.29, 1.82) is 0 Å². The number of carboxylic acid groups (broad SMARTS) is 1. The normalized spacial score (nSPS) is 13.2. The fourth-order valence-corrected chi connectivity index (χ4v) is 3.46. The van der Waals surface area contributed by atoms with Crippen LogP contribution in [0.5, 0.6) is 0 Å². The van der Waals surface area contributed by atoms with Crippen molar-refractivity contribution in [3.8, 4) is 0 Å². The van der Waals surface area contributed by atoms with E-state index in [4.69, 9.17) is 5.11 Å². The third-order valence-electron chi connectivity index (χ3n) is 2.20. The van der Waals surface area contributed by atoms with E-state index in [1.165, 1.54) is 30.2 Å². The third-order valence-corrected chi connectivity index (χ3v) is 4.71. The molecule has 0 aliphatic heterocycles. The van der Waals surface area contributed by atoms with Crippen LogP contribution in [0.3, 0.4) is 0 Å². The minimum atomic E-state index is -3.89. The van der Waals surface area contributed by atoms with Gasteiger partial charge in [-0.15, -0.1) is 0 Å². The van der Waals surface area contributed by atoms with Crippen molar-refractivity contribution in [2.45, 2.75) is 17.4 Å². The lowest BCUT2D eigenvalue weighted by atomic mass is 10.2. The molecule has 0 spiro atoms. The Hall–Kier alpha value is -0.640. The summed E-state index contributed by atoms with van der Waals surface area (Å²) >= 11 is 4.57. The smallest absolute Gasteiger partial charge is 0.321 e. The van der Waals surface area contributed by atoms with Gasteiger partial charge < -0.3 is 5.11 Å². The summed E-state index contributed by atoms with van der Waals surface area (Å²) in [6.07, 6.45) is 4.66. The minimum Gasteiger partial charge on any atom is -0.480 e. The van der Waals surface area contributed by atoms with Crippen LogP contribution in [0, 0.1) is 0 Å². The van der Waals surface area contributed by atoms with Crippen molar-refractivity contribution in [2.75, 3.05) is 12.0 Å². The first-order valence-corrected chi connectivity index (χ1v) is 8.88. The average Bonchev–Trinajstić information content (AvgIpc) is 2.34. The quantitative estimate of drug-likeness (QED) is 0.753. The molecule has 1 unspecified atom stereocenters. The van der Waals surface area contributed by atoms with E-state index in [-0.39, 0.29) is 11.3 Å². The summed E-state index contributed by atoms with van der Waals surface area (Å²) in [5.74, 6) is -0.642. The highest BCUT2D eigenvalue weighted by molar-refractivity contribution is 9.10. The molecule has 0 aliphatic rings. The zero-order valence-electron chi connectivity index (χ0n) is 10.0. The number of carboxylic acids is 1. The molecule has 0 bridgehead atoms. The van der Waals surface area contributed by atoms with Crippen molar-refractivity contribution in [3.05, 3.63) is 22.9 Å². The molecule has 9 heteroatoms. The number of halogens is 1. The summed E-state index contributed by atoms with van der Waals surface area (Å²) in [7, 11) is -3.89. The fraction of sp³-hybridized carbons (Fsp3) is 0.400. The van der Waals surface area contributed by atoms with Crippen LogP contribution >= 0.6 is 27.7 Å². The summed E-state index contributed by atoms with van der Waals surface area (Å²) in [4.78, 5) is 14.7. The lowest BCUT2D eigenvalue weighted by molar-refractivity contribution is -0.139. The molecule has 1 heterocycles. The predicted molar refractivity (Wildman–Crippen MR) is 76.7 cm³/mol. The standard InChI is InChI=1S/C10H13BrN2O4S2/c1-18-3-2-9(10(14)15)13-19(16,17)8-4-7(11)5-12-6-8/h4-6,9,13H,2-3H2,1H3,(H,14,15). The van der Waals surface area contributed by atoms with Crippen LogP contribution in [-0.4, -0.2) is 42.5 Å². The van der Waals surface area contributed by atoms with E-state index in [1.807, 2.05) is 6.26 Å². The van der Waals surface area contributed by atoms with Gasteiger partial charge in [-0.25, -0.2) is 8.42 Å². The summed E-state index contributed by atoms with van der Waals surface area (Å²) in [6.45, 7) is 0. The Morgan fingerprint density at radius 3 is 2.79 bits per heavy atom. The van der Waals surface area contributed by atoms with E-state index < -0.39 is 22.0 Å². The van der Waals surface area contributed by atoms with Crippen molar-refractivity contribution >= 4 is 43.7 Å². The second kappa shape index (κ2) is 7.22. The molecular formula is C10H13BrN2O4S2. The predicted octanol–water partition coefficient (Wildman–Crippen LogP) is 1.33. The summed E-state index contributed by atoms with van der Waals surface area (Å²) in [5, 5.41) is 9.00. The molecule has 0 saturated heterocycles. The monoisotopic (exact) mass is 368 g/mol. The maximum Gasteiger partial charge on any atom is 0.321 e. The molecule has 0 radical (unpaired) electrons. The van der Waals surface area contributed by atoms with Crippen molar-refractivity contribution in [1.82, 2.24) is 9.71 Å². The molecule has 6 nitrogen and oxygen atoms in total. The van der Waals surface area contributed by atoms with Gasteiger partial charge in [-0.05, 0) is 40.4 Å². The maximum atomic E-state index is 12.0. The number of nitrogens with zero attached hydrogens (tertiary/aromatic N) is 1. The van der Waals surface area contributed by atoms with Crippen LogP contribution in [0.4, 0.5) is 0 Å². The molecule has 106 valence electrons. The molecule has 2 N–H and O–H groups in total. The van der Waals surface area contributed by atoms with E-state index >= 15 is 0 Å². The van der Waals surface area contributed by atoms with Gasteiger partial charge in [0.1, 0.15) is 10.9 Å². The minimum absolute atomic E-state index is 0.0720. The first-order valence-electron chi connectivity index (χ1n) is 5.21. The molecule has 0 aromatic carbocycles. The van der Waals surface area contributed by atoms with Gasteiger partial charge in [0, 0.05) is 16.9 Å². The molecular weight excluding hydrogens is 356 g/mol. The van der Waals surface area contributed by atoms with Crippen LogP contribution < -0.4 is 4.72 Å². The summed E-state index contributed by atoms with van der Waals surface area (Å²) in [5.41, 5.74) is 0. The maximum absolute atomic E-state index is 12.0. The van der Waals surface area contributed by atoms with E-state index in [9.17, 15) is 13.2 Å². The van der Waals surface area contributed by atoms with E-state index in [0.29, 0.717) is 10.2 Å². The summed E-state index contributed by atoms with van der Waals surface area (Å²) < 4.78 is 26.7. The van der Waals surface area contributed by atoms with Crippen LogP contribution in [0.1, 0.15) is 6.42 Å². The lowest BCUT2D eigenvalue weighted by Gasteiger charge is -2.14. The van der Waals surface area contributed by atoms with E-state index in [2.05, 4.69) is 25.6 Å². The Morgan fingerprint density at radius 2 is 2.26 bits per heavy atom. The number of sulfonamides is 1. The molecule has 1 atom stereocenters. The van der Waals surface area contributed by atoms with E-state index in [0.717, 1.165) is 0 Å². The number of rotatable bonds is 7. The molecule has 19 heavy (non-hydrogen) atoms. The lowest BCUT2D eigenvalue weighted by Crippen LogP contribution is -2.41. The van der Waals surface area contributed by atoms with Crippen molar-refractivity contribution < 1.29 is 18.3 Å². The fourth-order valence-electron chi connectivity index (χ4n) is 1.26. The molecule has 0 aliphatic carbocycles. The highest BCUT2D eigenvalue weighted by atomic mass is 79.9. The number of hydrogen-bond acceptors (Lipinski definition) is 5. The number of aromatic nitrogens is 1. The number of nitrogens with one attached hydrogen (secondary N) is 1. The first-order chi connectivity index (χ1) is 8.86. The summed E-state index contributed by atoms with van der Waals surface area (Å²) in [6, 6.07) is 0.222. The Labute approximate surface area is 124 Å². The Morgan fingerprint density at radius 1 is 1.58 bits per heavy atom. The Bertz CT molecular complexity index is 550. The number of hydrogen-bond donors (Lipinski definition) is 2. The van der Waals surface area contributed by atoms with Gasteiger partial charge >= 0.3 is 5.97 Å². The molecule has 0 fully saturated rings. The van der Waals surface area contributed by atoms with Crippen LogP contribution in [0.15, 0.2) is 27.8 Å². The van der Waals surface area contributed by atoms with Crippen LogP contribution in [0.2, 0.25) is 0 Å². The zero-order valence-corrected chi connectivity index (χ0v) is 13.3. The van der Waals surface area contributed by atoms with Crippen LogP contribution in [0.25, 0.3) is 0 Å². The van der Waals surface area contributed by atoms with Crippen LogP contribution in [-0.2, 0) is 14.8 Å². The zero-order chi connectivity index (χ0) is 14.5. The Kier molecular flexibility index (Phi) is 6.24. The number of pyridine rings is 1.